The highest BCUT2D eigenvalue weighted by molar-refractivity contribution is 5.29. The zero-order chi connectivity index (χ0) is 19.0. The lowest BCUT2D eigenvalue weighted by atomic mass is 9.92. The number of piperidine rings is 1. The fraction of sp³-hybridized carbons (Fsp3) is 0.667. The van der Waals surface area contributed by atoms with Crippen molar-refractivity contribution in [2.24, 2.45) is 5.92 Å². The number of likely N-dealkylation sites (tertiary alicyclic amines) is 1. The molecule has 4 rings (SSSR count). The Bertz CT molecular complexity index is 852. The number of nitrogens with zero attached hydrogens (tertiary/aromatic N) is 4. The summed E-state index contributed by atoms with van der Waals surface area (Å²) >= 11 is 0. The Morgan fingerprint density at radius 1 is 1.22 bits per heavy atom. The van der Waals surface area contributed by atoms with Crippen LogP contribution in [0.25, 0.3) is 0 Å². The van der Waals surface area contributed by atoms with Crippen molar-refractivity contribution in [1.29, 1.82) is 0 Å². The molecule has 2 aromatic rings. The van der Waals surface area contributed by atoms with Gasteiger partial charge in [-0.15, -0.1) is 0 Å². The number of rotatable bonds is 4. The van der Waals surface area contributed by atoms with E-state index in [-0.39, 0.29) is 11.0 Å². The normalized spacial score (nSPS) is 18.8. The van der Waals surface area contributed by atoms with Crippen LogP contribution < -0.4 is 5.56 Å². The number of hydrogen-bond donors (Lipinski definition) is 1. The van der Waals surface area contributed by atoms with Crippen LogP contribution in [0.1, 0.15) is 62.7 Å². The number of aromatic nitrogens is 4. The molecule has 0 unspecified atom stereocenters. The first-order valence-corrected chi connectivity index (χ1v) is 10.2. The van der Waals surface area contributed by atoms with Crippen LogP contribution in [0.4, 0.5) is 0 Å². The zero-order valence-corrected chi connectivity index (χ0v) is 16.8. The van der Waals surface area contributed by atoms with Gasteiger partial charge >= 0.3 is 0 Å². The topological polar surface area (TPSA) is 66.8 Å². The molecule has 6 nitrogen and oxygen atoms in total. The molecule has 0 bridgehead atoms. The zero-order valence-electron chi connectivity index (χ0n) is 16.8. The molecule has 1 N–H and O–H groups in total. The van der Waals surface area contributed by atoms with E-state index in [4.69, 9.17) is 0 Å². The standard InChI is InChI=1S/C21H31N5O/c1-21(2,3)19-11-20(27)26(14-22-19)12-15-7-9-25(10-8-15)13-18-16-5-4-6-17(16)23-24-18/h11,14-15H,4-10,12-13H2,1-3H3,(H,23,24). The van der Waals surface area contributed by atoms with Gasteiger partial charge in [-0.3, -0.25) is 19.4 Å². The van der Waals surface area contributed by atoms with Crippen molar-refractivity contribution in [1.82, 2.24) is 24.6 Å². The van der Waals surface area contributed by atoms with E-state index < -0.39 is 0 Å². The second-order valence-electron chi connectivity index (χ2n) is 9.22. The molecule has 0 radical (unpaired) electrons. The van der Waals surface area contributed by atoms with Crippen LogP contribution in [0.3, 0.4) is 0 Å². The number of aryl methyl sites for hydroxylation is 1. The predicted molar refractivity (Wildman–Crippen MR) is 106 cm³/mol. The van der Waals surface area contributed by atoms with Crippen LogP contribution in [0.5, 0.6) is 0 Å². The molecule has 146 valence electrons. The van der Waals surface area contributed by atoms with E-state index in [9.17, 15) is 4.79 Å². The SMILES string of the molecule is CC(C)(C)c1cc(=O)n(CC2CCN(Cc3n[nH]c4c3CCC4)CC2)cn1. The van der Waals surface area contributed by atoms with Crippen molar-refractivity contribution in [3.8, 4) is 0 Å². The third-order valence-electron chi connectivity index (χ3n) is 6.08. The van der Waals surface area contributed by atoms with Gasteiger partial charge in [-0.2, -0.15) is 5.10 Å². The molecule has 6 heteroatoms. The molecule has 2 aliphatic rings. The summed E-state index contributed by atoms with van der Waals surface area (Å²) in [7, 11) is 0. The summed E-state index contributed by atoms with van der Waals surface area (Å²) in [4.78, 5) is 19.5. The van der Waals surface area contributed by atoms with Gasteiger partial charge in [0, 0.05) is 30.3 Å². The van der Waals surface area contributed by atoms with Gasteiger partial charge in [-0.25, -0.2) is 4.98 Å². The number of aromatic amines is 1. The van der Waals surface area contributed by atoms with Crippen LogP contribution in [0.15, 0.2) is 17.2 Å². The molecule has 27 heavy (non-hydrogen) atoms. The van der Waals surface area contributed by atoms with Gasteiger partial charge in [0.15, 0.2) is 0 Å². The van der Waals surface area contributed by atoms with Gasteiger partial charge in [-0.05, 0) is 56.7 Å². The van der Waals surface area contributed by atoms with E-state index >= 15 is 0 Å². The van der Waals surface area contributed by atoms with Gasteiger partial charge in [0.1, 0.15) is 0 Å². The smallest absolute Gasteiger partial charge is 0.253 e. The average Bonchev–Trinajstić information content (AvgIpc) is 3.22. The third kappa shape index (κ3) is 4.00. The van der Waals surface area contributed by atoms with Crippen LogP contribution in [-0.2, 0) is 31.3 Å². The molecular formula is C21H31N5O. The fourth-order valence-corrected chi connectivity index (χ4v) is 4.31. The molecule has 0 aromatic carbocycles. The second-order valence-corrected chi connectivity index (χ2v) is 9.22. The number of fused-ring (bicyclic) bond motifs is 1. The first kappa shape index (κ1) is 18.4. The molecule has 0 saturated carbocycles. The van der Waals surface area contributed by atoms with E-state index in [1.165, 1.54) is 29.8 Å². The van der Waals surface area contributed by atoms with E-state index in [0.29, 0.717) is 5.92 Å². The first-order chi connectivity index (χ1) is 12.9. The van der Waals surface area contributed by atoms with Gasteiger partial charge in [0.25, 0.3) is 5.56 Å². The highest BCUT2D eigenvalue weighted by atomic mass is 16.1. The summed E-state index contributed by atoms with van der Waals surface area (Å²) in [6, 6.07) is 1.70. The predicted octanol–water partition coefficient (Wildman–Crippen LogP) is 2.66. The van der Waals surface area contributed by atoms with Gasteiger partial charge < -0.3 is 0 Å². The fourth-order valence-electron chi connectivity index (χ4n) is 4.31. The van der Waals surface area contributed by atoms with E-state index in [2.05, 4.69) is 40.9 Å². The molecule has 1 aliphatic heterocycles. The Morgan fingerprint density at radius 2 is 2.00 bits per heavy atom. The highest BCUT2D eigenvalue weighted by Gasteiger charge is 2.24. The molecule has 3 heterocycles. The Labute approximate surface area is 161 Å². The highest BCUT2D eigenvalue weighted by Crippen LogP contribution is 2.26. The second kappa shape index (κ2) is 7.23. The van der Waals surface area contributed by atoms with Gasteiger partial charge in [-0.1, -0.05) is 20.8 Å². The molecule has 1 aliphatic carbocycles. The van der Waals surface area contributed by atoms with Crippen molar-refractivity contribution >= 4 is 0 Å². The van der Waals surface area contributed by atoms with E-state index in [1.807, 2.05) is 0 Å². The Hall–Kier alpha value is -1.95. The summed E-state index contributed by atoms with van der Waals surface area (Å²) < 4.78 is 1.79. The summed E-state index contributed by atoms with van der Waals surface area (Å²) in [5.74, 6) is 0.547. The third-order valence-corrected chi connectivity index (χ3v) is 6.08. The number of nitrogens with one attached hydrogen (secondary N) is 1. The lowest BCUT2D eigenvalue weighted by Gasteiger charge is -2.32. The van der Waals surface area contributed by atoms with E-state index in [0.717, 1.165) is 51.1 Å². The Balaban J connectivity index is 1.32. The molecule has 2 aromatic heterocycles. The lowest BCUT2D eigenvalue weighted by molar-refractivity contribution is 0.164. The van der Waals surface area contributed by atoms with Crippen molar-refractivity contribution in [3.63, 3.8) is 0 Å². The van der Waals surface area contributed by atoms with Crippen LogP contribution in [0.2, 0.25) is 0 Å². The average molecular weight is 370 g/mol. The largest absolute Gasteiger partial charge is 0.299 e. The maximum atomic E-state index is 12.4. The van der Waals surface area contributed by atoms with E-state index in [1.54, 1.807) is 17.0 Å². The number of H-pyrrole nitrogens is 1. The molecule has 0 spiro atoms. The van der Waals surface area contributed by atoms with Crippen LogP contribution >= 0.6 is 0 Å². The van der Waals surface area contributed by atoms with Crippen LogP contribution in [-0.4, -0.2) is 37.7 Å². The molecule has 0 amide bonds. The minimum atomic E-state index is -0.0873. The summed E-state index contributed by atoms with van der Waals surface area (Å²) in [5, 5.41) is 7.75. The quantitative estimate of drug-likeness (QED) is 0.900. The van der Waals surface area contributed by atoms with Gasteiger partial charge in [0.05, 0.1) is 17.7 Å². The molecular weight excluding hydrogens is 338 g/mol. The van der Waals surface area contributed by atoms with Crippen molar-refractivity contribution in [2.75, 3.05) is 13.1 Å². The first-order valence-electron chi connectivity index (χ1n) is 10.2. The van der Waals surface area contributed by atoms with Gasteiger partial charge in [0.2, 0.25) is 0 Å². The van der Waals surface area contributed by atoms with Crippen molar-refractivity contribution in [3.05, 3.63) is 45.4 Å². The summed E-state index contributed by atoms with van der Waals surface area (Å²) in [5.41, 5.74) is 4.92. The lowest BCUT2D eigenvalue weighted by Crippen LogP contribution is -2.36. The monoisotopic (exact) mass is 369 g/mol. The Kier molecular flexibility index (Phi) is 4.93. The Morgan fingerprint density at radius 3 is 2.70 bits per heavy atom. The minimum absolute atomic E-state index is 0.0736. The number of hydrogen-bond acceptors (Lipinski definition) is 4. The van der Waals surface area contributed by atoms with Crippen LogP contribution in [0, 0.1) is 5.92 Å². The maximum Gasteiger partial charge on any atom is 0.253 e. The summed E-state index contributed by atoms with van der Waals surface area (Å²) in [6.45, 7) is 10.2. The minimum Gasteiger partial charge on any atom is -0.299 e. The van der Waals surface area contributed by atoms with Crippen molar-refractivity contribution in [2.45, 2.75) is 71.4 Å². The van der Waals surface area contributed by atoms with Crippen molar-refractivity contribution < 1.29 is 0 Å². The molecule has 0 atom stereocenters. The molecule has 1 fully saturated rings. The summed E-state index contributed by atoms with van der Waals surface area (Å²) in [6.07, 6.45) is 7.58. The molecule has 1 saturated heterocycles. The maximum absolute atomic E-state index is 12.4.